The number of nitrogens with one attached hydrogen (secondary N) is 3. The van der Waals surface area contributed by atoms with E-state index >= 15 is 0 Å². The molecule has 0 saturated heterocycles. The number of unbranched alkanes of at least 4 members (excludes halogenated alkanes) is 1. The molecule has 0 heterocycles. The zero-order chi connectivity index (χ0) is 14.2. The molecule has 0 aliphatic rings. The Morgan fingerprint density at radius 2 is 1.22 bits per heavy atom. The molecule has 0 aliphatic heterocycles. The Labute approximate surface area is 115 Å². The van der Waals surface area contributed by atoms with Gasteiger partial charge in [-0.05, 0) is 24.5 Å². The first-order valence-electron chi connectivity index (χ1n) is 7.28. The molecule has 3 N–H and O–H groups in total. The highest BCUT2D eigenvalue weighted by Crippen LogP contribution is 2.02. The minimum atomic E-state index is -2.27. The van der Waals surface area contributed by atoms with Crippen LogP contribution in [0.15, 0.2) is 0 Å². The second-order valence-electron chi connectivity index (χ2n) is 5.78. The molecule has 0 saturated carbocycles. The fourth-order valence-electron chi connectivity index (χ4n) is 1.84. The Hall–Kier alpha value is 0.0569. The van der Waals surface area contributed by atoms with Crippen LogP contribution in [0.5, 0.6) is 0 Å². The van der Waals surface area contributed by atoms with Crippen LogP contribution in [0.1, 0.15) is 61.3 Å². The van der Waals surface area contributed by atoms with Crippen molar-refractivity contribution in [2.75, 3.05) is 6.61 Å². The summed E-state index contributed by atoms with van der Waals surface area (Å²) in [6.07, 6.45) is 2.27. The SMILES string of the molecule is CCCCO[Si](NC(C)C)(NC(C)C)NC(C)C. The van der Waals surface area contributed by atoms with Crippen LogP contribution < -0.4 is 14.9 Å². The van der Waals surface area contributed by atoms with Gasteiger partial charge in [0.25, 0.3) is 0 Å². The van der Waals surface area contributed by atoms with Crippen molar-refractivity contribution < 1.29 is 4.43 Å². The molecule has 0 spiro atoms. The maximum Gasteiger partial charge on any atom is 0.440 e. The van der Waals surface area contributed by atoms with E-state index < -0.39 is 8.80 Å². The van der Waals surface area contributed by atoms with Crippen molar-refractivity contribution in [3.8, 4) is 0 Å². The standard InChI is InChI=1S/C13H33N3OSi/c1-8-9-10-17-18(14-11(2)3,15-12(4)5)16-13(6)7/h11-16H,8-10H2,1-7H3. The quantitative estimate of drug-likeness (QED) is 0.423. The predicted molar refractivity (Wildman–Crippen MR) is 81.4 cm³/mol. The minimum Gasteiger partial charge on any atom is -0.380 e. The summed E-state index contributed by atoms with van der Waals surface area (Å²) in [5, 5.41) is 0. The van der Waals surface area contributed by atoms with E-state index in [-0.39, 0.29) is 0 Å². The van der Waals surface area contributed by atoms with Gasteiger partial charge in [-0.15, -0.1) is 0 Å². The van der Waals surface area contributed by atoms with Gasteiger partial charge in [0.05, 0.1) is 0 Å². The lowest BCUT2D eigenvalue weighted by Gasteiger charge is -2.37. The van der Waals surface area contributed by atoms with E-state index in [1.807, 2.05) is 0 Å². The molecule has 0 fully saturated rings. The van der Waals surface area contributed by atoms with E-state index in [4.69, 9.17) is 4.43 Å². The monoisotopic (exact) mass is 275 g/mol. The third kappa shape index (κ3) is 8.21. The predicted octanol–water partition coefficient (Wildman–Crippen LogP) is 2.23. The Bertz CT molecular complexity index is 184. The van der Waals surface area contributed by atoms with Gasteiger partial charge in [-0.3, -0.25) is 14.9 Å². The highest BCUT2D eigenvalue weighted by molar-refractivity contribution is 6.66. The summed E-state index contributed by atoms with van der Waals surface area (Å²) in [7, 11) is -2.27. The summed E-state index contributed by atoms with van der Waals surface area (Å²) in [4.78, 5) is 10.8. The average Bonchev–Trinajstić information content (AvgIpc) is 2.13. The van der Waals surface area contributed by atoms with Crippen LogP contribution in [0.25, 0.3) is 0 Å². The lowest BCUT2D eigenvalue weighted by Crippen LogP contribution is -2.78. The highest BCUT2D eigenvalue weighted by atomic mass is 28.4. The molecule has 18 heavy (non-hydrogen) atoms. The summed E-state index contributed by atoms with van der Waals surface area (Å²) in [6, 6.07) is 1.20. The third-order valence-corrected chi connectivity index (χ3v) is 5.88. The van der Waals surface area contributed by atoms with Crippen molar-refractivity contribution in [1.82, 2.24) is 14.9 Å². The molecule has 0 aromatic heterocycles. The fourth-order valence-corrected chi connectivity index (χ4v) is 5.23. The molecular weight excluding hydrogens is 242 g/mol. The number of hydrogen-bond acceptors (Lipinski definition) is 4. The van der Waals surface area contributed by atoms with Crippen molar-refractivity contribution in [2.24, 2.45) is 0 Å². The molecule has 5 heteroatoms. The Balaban J connectivity index is 4.74. The summed E-state index contributed by atoms with van der Waals surface area (Å²) in [6.45, 7) is 16.0. The summed E-state index contributed by atoms with van der Waals surface area (Å²) in [5.74, 6) is 0. The molecule has 0 aromatic carbocycles. The van der Waals surface area contributed by atoms with Gasteiger partial charge in [0, 0.05) is 6.61 Å². The minimum absolute atomic E-state index is 0.399. The van der Waals surface area contributed by atoms with Gasteiger partial charge in [0.1, 0.15) is 0 Å². The summed E-state index contributed by atoms with van der Waals surface area (Å²) in [5.41, 5.74) is 0. The molecule has 0 unspecified atom stereocenters. The Morgan fingerprint density at radius 3 is 1.50 bits per heavy atom. The molecule has 0 rings (SSSR count). The van der Waals surface area contributed by atoms with Crippen LogP contribution in [0, 0.1) is 0 Å². The number of rotatable bonds is 10. The second-order valence-corrected chi connectivity index (χ2v) is 8.30. The second kappa shape index (κ2) is 9.04. The average molecular weight is 276 g/mol. The molecular formula is C13H33N3OSi. The van der Waals surface area contributed by atoms with Crippen molar-refractivity contribution in [1.29, 1.82) is 0 Å². The van der Waals surface area contributed by atoms with E-state index in [1.54, 1.807) is 0 Å². The van der Waals surface area contributed by atoms with Gasteiger partial charge >= 0.3 is 8.80 Å². The van der Waals surface area contributed by atoms with Gasteiger partial charge in [-0.2, -0.15) is 0 Å². The Kier molecular flexibility index (Phi) is 9.07. The normalized spacial score (nSPS) is 13.0. The maximum absolute atomic E-state index is 6.21. The smallest absolute Gasteiger partial charge is 0.380 e. The van der Waals surface area contributed by atoms with Crippen molar-refractivity contribution in [3.63, 3.8) is 0 Å². The highest BCUT2D eigenvalue weighted by Gasteiger charge is 2.38. The van der Waals surface area contributed by atoms with Crippen LogP contribution in [0.4, 0.5) is 0 Å². The Morgan fingerprint density at radius 1 is 0.833 bits per heavy atom. The van der Waals surface area contributed by atoms with E-state index in [2.05, 4.69) is 63.4 Å². The van der Waals surface area contributed by atoms with Crippen molar-refractivity contribution >= 4 is 8.80 Å². The van der Waals surface area contributed by atoms with Gasteiger partial charge in [-0.1, -0.05) is 54.9 Å². The third-order valence-electron chi connectivity index (χ3n) is 2.29. The summed E-state index contributed by atoms with van der Waals surface area (Å²) < 4.78 is 6.21. The van der Waals surface area contributed by atoms with E-state index in [1.165, 1.54) is 0 Å². The van der Waals surface area contributed by atoms with Gasteiger partial charge in [-0.25, -0.2) is 0 Å². The van der Waals surface area contributed by atoms with E-state index in [0.717, 1.165) is 19.4 Å². The maximum atomic E-state index is 6.21. The molecule has 4 nitrogen and oxygen atoms in total. The van der Waals surface area contributed by atoms with Gasteiger partial charge in [0.2, 0.25) is 0 Å². The number of hydrogen-bond donors (Lipinski definition) is 3. The van der Waals surface area contributed by atoms with E-state index in [9.17, 15) is 0 Å². The van der Waals surface area contributed by atoms with E-state index in [0.29, 0.717) is 18.1 Å². The van der Waals surface area contributed by atoms with Crippen LogP contribution in [-0.4, -0.2) is 33.5 Å². The first-order valence-corrected chi connectivity index (χ1v) is 9.19. The lowest BCUT2D eigenvalue weighted by atomic mass is 10.4. The zero-order valence-electron chi connectivity index (χ0n) is 13.3. The van der Waals surface area contributed by atoms with Crippen LogP contribution in [0.2, 0.25) is 0 Å². The van der Waals surface area contributed by atoms with Gasteiger partial charge in [0.15, 0.2) is 0 Å². The molecule has 0 amide bonds. The van der Waals surface area contributed by atoms with Crippen LogP contribution >= 0.6 is 0 Å². The molecule has 110 valence electrons. The van der Waals surface area contributed by atoms with Crippen molar-refractivity contribution in [2.45, 2.75) is 79.4 Å². The van der Waals surface area contributed by atoms with Crippen LogP contribution in [-0.2, 0) is 4.43 Å². The first kappa shape index (κ1) is 18.1. The molecule has 0 bridgehead atoms. The molecule has 0 atom stereocenters. The largest absolute Gasteiger partial charge is 0.440 e. The topological polar surface area (TPSA) is 45.3 Å². The van der Waals surface area contributed by atoms with Gasteiger partial charge < -0.3 is 4.43 Å². The lowest BCUT2D eigenvalue weighted by molar-refractivity contribution is 0.251. The summed E-state index contributed by atoms with van der Waals surface area (Å²) >= 11 is 0. The van der Waals surface area contributed by atoms with Crippen LogP contribution in [0.3, 0.4) is 0 Å². The molecule has 0 aliphatic carbocycles. The van der Waals surface area contributed by atoms with Crippen molar-refractivity contribution in [3.05, 3.63) is 0 Å². The fraction of sp³-hybridized carbons (Fsp3) is 1.00. The molecule has 0 aromatic rings. The zero-order valence-corrected chi connectivity index (χ0v) is 14.3. The molecule has 0 radical (unpaired) electrons. The first-order chi connectivity index (χ1) is 8.31.